The van der Waals surface area contributed by atoms with Crippen LogP contribution >= 0.6 is 11.6 Å². The summed E-state index contributed by atoms with van der Waals surface area (Å²) in [4.78, 5) is 39.0. The number of alkyl halides is 6. The number of methoxy groups -OCH3 is 1. The van der Waals surface area contributed by atoms with E-state index < -0.39 is 64.5 Å². The summed E-state index contributed by atoms with van der Waals surface area (Å²) in [5.74, 6) is -2.98. The predicted molar refractivity (Wildman–Crippen MR) is 123 cm³/mol. The number of carbonyl (C=O) groups excluding carboxylic acids is 3. The molecule has 0 saturated carbocycles. The first-order valence-electron chi connectivity index (χ1n) is 10.8. The third-order valence-electron chi connectivity index (χ3n) is 5.29. The van der Waals surface area contributed by atoms with E-state index in [2.05, 4.69) is 15.2 Å². The van der Waals surface area contributed by atoms with Crippen molar-refractivity contribution in [3.05, 3.63) is 58.6 Å². The van der Waals surface area contributed by atoms with Crippen LogP contribution in [0.2, 0.25) is 5.02 Å². The third kappa shape index (κ3) is 6.35. The zero-order valence-electron chi connectivity index (χ0n) is 19.9. The van der Waals surface area contributed by atoms with E-state index in [1.165, 1.54) is 6.92 Å². The smallest absolute Gasteiger partial charge is 0.468 e. The van der Waals surface area contributed by atoms with E-state index in [1.807, 2.05) is 0 Å². The molecule has 0 bridgehead atoms. The highest BCUT2D eigenvalue weighted by molar-refractivity contribution is 6.33. The summed E-state index contributed by atoms with van der Waals surface area (Å²) in [5, 5.41) is 6.17. The van der Waals surface area contributed by atoms with E-state index in [1.54, 1.807) is 0 Å². The number of carbonyl (C=O) groups is 3. The summed E-state index contributed by atoms with van der Waals surface area (Å²) in [7, 11) is 0.938. The van der Waals surface area contributed by atoms with E-state index in [4.69, 9.17) is 21.1 Å². The molecule has 39 heavy (non-hydrogen) atoms. The molecule has 0 fully saturated rings. The molecular weight excluding hydrogens is 564 g/mol. The Morgan fingerprint density at radius 1 is 1.05 bits per heavy atom. The van der Waals surface area contributed by atoms with Gasteiger partial charge in [-0.3, -0.25) is 9.59 Å². The Kier molecular flexibility index (Phi) is 8.33. The van der Waals surface area contributed by atoms with Crippen LogP contribution in [-0.2, 0) is 25.2 Å². The van der Waals surface area contributed by atoms with E-state index in [9.17, 15) is 40.7 Å². The SMILES string of the molecule is CCOC(=O)C1(C(=O)OC)CN(C(=O)Nc2ccc(OC(F)(F)F)cc2)N=C1c1ccc(C(F)(F)F)c(Cl)c1. The van der Waals surface area contributed by atoms with Crippen molar-refractivity contribution in [3.63, 3.8) is 0 Å². The van der Waals surface area contributed by atoms with Crippen molar-refractivity contribution in [1.29, 1.82) is 0 Å². The van der Waals surface area contributed by atoms with Gasteiger partial charge in [-0.15, -0.1) is 13.2 Å². The van der Waals surface area contributed by atoms with Gasteiger partial charge < -0.3 is 19.5 Å². The molecule has 1 aliphatic rings. The molecule has 1 heterocycles. The highest BCUT2D eigenvalue weighted by Crippen LogP contribution is 2.39. The lowest BCUT2D eigenvalue weighted by atomic mass is 9.80. The minimum atomic E-state index is -4.93. The van der Waals surface area contributed by atoms with E-state index in [-0.39, 0.29) is 17.9 Å². The lowest BCUT2D eigenvalue weighted by Crippen LogP contribution is -2.51. The molecule has 0 radical (unpaired) electrons. The largest absolute Gasteiger partial charge is 0.573 e. The molecule has 0 spiro atoms. The third-order valence-corrected chi connectivity index (χ3v) is 5.60. The van der Waals surface area contributed by atoms with Gasteiger partial charge in [0.15, 0.2) is 0 Å². The number of amides is 2. The molecule has 3 rings (SSSR count). The fraction of sp³-hybridized carbons (Fsp3) is 0.304. The summed E-state index contributed by atoms with van der Waals surface area (Å²) in [6, 6.07) is 5.28. The number of nitrogens with one attached hydrogen (secondary N) is 1. The van der Waals surface area contributed by atoms with Gasteiger partial charge in [0, 0.05) is 11.3 Å². The van der Waals surface area contributed by atoms with Gasteiger partial charge in [-0.2, -0.15) is 18.3 Å². The lowest BCUT2D eigenvalue weighted by Gasteiger charge is -2.26. The molecule has 1 N–H and O–H groups in total. The summed E-state index contributed by atoms with van der Waals surface area (Å²) >= 11 is 5.82. The number of urea groups is 1. The molecule has 1 atom stereocenters. The van der Waals surface area contributed by atoms with Crippen molar-refractivity contribution in [3.8, 4) is 5.75 Å². The molecule has 210 valence electrons. The summed E-state index contributed by atoms with van der Waals surface area (Å²) < 4.78 is 90.3. The van der Waals surface area contributed by atoms with Gasteiger partial charge in [-0.05, 0) is 43.3 Å². The number of hydrazone groups is 1. The minimum absolute atomic E-state index is 0.0180. The quantitative estimate of drug-likeness (QED) is 0.284. The summed E-state index contributed by atoms with van der Waals surface area (Å²) in [5.41, 5.74) is -4.31. The van der Waals surface area contributed by atoms with Crippen molar-refractivity contribution in [2.45, 2.75) is 19.5 Å². The molecule has 2 aromatic rings. The van der Waals surface area contributed by atoms with Gasteiger partial charge in [0.05, 0.1) is 36.6 Å². The van der Waals surface area contributed by atoms with Gasteiger partial charge in [0.1, 0.15) is 5.75 Å². The van der Waals surface area contributed by atoms with Gasteiger partial charge in [0.2, 0.25) is 5.41 Å². The van der Waals surface area contributed by atoms with Gasteiger partial charge in [-0.1, -0.05) is 17.7 Å². The van der Waals surface area contributed by atoms with Crippen LogP contribution < -0.4 is 10.1 Å². The first-order valence-corrected chi connectivity index (χ1v) is 11.2. The number of hydrogen-bond acceptors (Lipinski definition) is 7. The van der Waals surface area contributed by atoms with Crippen LogP contribution in [0.3, 0.4) is 0 Å². The zero-order chi connectivity index (χ0) is 29.2. The first-order chi connectivity index (χ1) is 18.1. The van der Waals surface area contributed by atoms with Gasteiger partial charge in [0.25, 0.3) is 0 Å². The van der Waals surface area contributed by atoms with Crippen LogP contribution in [0.25, 0.3) is 0 Å². The van der Waals surface area contributed by atoms with E-state index in [0.29, 0.717) is 11.1 Å². The van der Waals surface area contributed by atoms with Crippen LogP contribution in [0.5, 0.6) is 5.75 Å². The first kappa shape index (κ1) is 29.5. The second-order valence-corrected chi connectivity index (χ2v) is 8.23. The predicted octanol–water partition coefficient (Wildman–Crippen LogP) is 5.23. The Hall–Kier alpha value is -4.01. The highest BCUT2D eigenvalue weighted by Gasteiger charge is 2.59. The van der Waals surface area contributed by atoms with E-state index in [0.717, 1.165) is 43.5 Å². The van der Waals surface area contributed by atoms with Crippen molar-refractivity contribution >= 4 is 41.0 Å². The second-order valence-electron chi connectivity index (χ2n) is 7.82. The van der Waals surface area contributed by atoms with Crippen LogP contribution in [0.15, 0.2) is 47.6 Å². The molecule has 0 saturated heterocycles. The fourth-order valence-corrected chi connectivity index (χ4v) is 3.90. The summed E-state index contributed by atoms with van der Waals surface area (Å²) in [6.45, 7) is 0.436. The average molecular weight is 582 g/mol. The van der Waals surface area contributed by atoms with Crippen molar-refractivity contribution in [2.24, 2.45) is 10.5 Å². The maximum atomic E-state index is 13.2. The van der Waals surface area contributed by atoms with Crippen molar-refractivity contribution in [1.82, 2.24) is 5.01 Å². The Bertz CT molecular complexity index is 1300. The van der Waals surface area contributed by atoms with Crippen molar-refractivity contribution in [2.75, 3.05) is 25.6 Å². The number of halogens is 7. The van der Waals surface area contributed by atoms with Crippen LogP contribution in [0, 0.1) is 5.41 Å². The molecule has 9 nitrogen and oxygen atoms in total. The topological polar surface area (TPSA) is 107 Å². The highest BCUT2D eigenvalue weighted by atomic mass is 35.5. The maximum Gasteiger partial charge on any atom is 0.573 e. The van der Waals surface area contributed by atoms with Crippen molar-refractivity contribution < 1.29 is 54.9 Å². The fourth-order valence-electron chi connectivity index (χ4n) is 3.62. The van der Waals surface area contributed by atoms with Crippen LogP contribution in [-0.4, -0.2) is 55.3 Å². The number of benzene rings is 2. The maximum absolute atomic E-state index is 13.2. The lowest BCUT2D eigenvalue weighted by molar-refractivity contribution is -0.274. The second kappa shape index (κ2) is 11.0. The standard InChI is InChI=1S/C23H18ClF6N3O6/c1-3-38-19(35)21(18(34)37-2)11-33(20(36)31-13-5-7-14(8-6-13)39-23(28,29)30)32-17(21)12-4-9-15(16(24)10-12)22(25,26)27/h4-10H,3,11H2,1-2H3,(H,31,36). The Labute approximate surface area is 221 Å². The number of hydrogen-bond donors (Lipinski definition) is 1. The number of anilines is 1. The van der Waals surface area contributed by atoms with Gasteiger partial charge >= 0.3 is 30.5 Å². The summed E-state index contributed by atoms with van der Waals surface area (Å²) in [6.07, 6.45) is -9.74. The molecule has 2 aromatic carbocycles. The zero-order valence-corrected chi connectivity index (χ0v) is 20.7. The number of nitrogens with zero attached hydrogens (tertiary/aromatic N) is 2. The molecule has 2 amide bonds. The Morgan fingerprint density at radius 3 is 2.21 bits per heavy atom. The molecule has 16 heteroatoms. The molecule has 1 aliphatic heterocycles. The van der Waals surface area contributed by atoms with E-state index >= 15 is 0 Å². The minimum Gasteiger partial charge on any atom is -0.468 e. The number of rotatable bonds is 6. The van der Waals surface area contributed by atoms with Gasteiger partial charge in [-0.25, -0.2) is 9.80 Å². The molecule has 0 aromatic heterocycles. The molecule has 1 unspecified atom stereocenters. The average Bonchev–Trinajstić information content (AvgIpc) is 3.25. The monoisotopic (exact) mass is 581 g/mol. The normalized spacial score (nSPS) is 17.4. The number of ether oxygens (including phenoxy) is 3. The Balaban J connectivity index is 2.02. The van der Waals surface area contributed by atoms with Crippen LogP contribution in [0.1, 0.15) is 18.1 Å². The Morgan fingerprint density at radius 2 is 1.69 bits per heavy atom. The number of esters is 2. The molecular formula is C23H18ClF6N3O6. The molecule has 0 aliphatic carbocycles. The van der Waals surface area contributed by atoms with Crippen LogP contribution in [0.4, 0.5) is 36.8 Å².